The maximum atomic E-state index is 8.65. The number of aromatic nitrogens is 2. The Hall–Kier alpha value is -3.63. The van der Waals surface area contributed by atoms with E-state index in [0.29, 0.717) is 11.3 Å². The van der Waals surface area contributed by atoms with Crippen molar-refractivity contribution < 1.29 is 27.3 Å². The van der Waals surface area contributed by atoms with Gasteiger partial charge in [0.25, 0.3) is 0 Å². The summed E-state index contributed by atoms with van der Waals surface area (Å²) in [4.78, 5) is 10.1. The van der Waals surface area contributed by atoms with E-state index in [2.05, 4.69) is 48.1 Å². The summed E-state index contributed by atoms with van der Waals surface area (Å²) in [6, 6.07) is 31.9. The maximum absolute atomic E-state index is 8.65. The molecule has 4 aromatic heterocycles. The van der Waals surface area contributed by atoms with Gasteiger partial charge in [-0.1, -0.05) is 67.6 Å². The van der Waals surface area contributed by atoms with E-state index in [-0.39, 0.29) is 20.1 Å². The predicted molar refractivity (Wildman–Crippen MR) is 172 cm³/mol. The average Bonchev–Trinajstić information content (AvgIpc) is 3.54. The van der Waals surface area contributed by atoms with E-state index in [1.807, 2.05) is 81.4 Å². The number of nitrogens with zero attached hydrogens (tertiary/aromatic N) is 2. The molecule has 0 saturated heterocycles. The zero-order valence-corrected chi connectivity index (χ0v) is 27.4. The van der Waals surface area contributed by atoms with Gasteiger partial charge in [-0.3, -0.25) is 0 Å². The van der Waals surface area contributed by atoms with E-state index < -0.39 is 11.8 Å². The zero-order valence-electron chi connectivity index (χ0n) is 26.2. The fraction of sp³-hybridized carbons (Fsp3) is 0.189. The van der Waals surface area contributed by atoms with Crippen molar-refractivity contribution in [2.75, 3.05) is 0 Å². The van der Waals surface area contributed by atoms with Crippen molar-refractivity contribution in [3.05, 3.63) is 119 Å². The number of thiophene rings is 1. The molecule has 7 aromatic rings. The van der Waals surface area contributed by atoms with Crippen molar-refractivity contribution in [3.63, 3.8) is 0 Å². The largest absolute Gasteiger partial charge is 0.499 e. The molecule has 1 radical (unpaired) electrons. The van der Waals surface area contributed by atoms with Crippen molar-refractivity contribution in [1.82, 2.24) is 9.97 Å². The van der Waals surface area contributed by atoms with Gasteiger partial charge in [-0.25, -0.2) is 0 Å². The minimum atomic E-state index is -1.50. The fourth-order valence-corrected chi connectivity index (χ4v) is 6.08. The van der Waals surface area contributed by atoms with Gasteiger partial charge in [0, 0.05) is 45.5 Å². The van der Waals surface area contributed by atoms with Crippen molar-refractivity contribution in [3.8, 4) is 22.5 Å². The molecule has 0 aliphatic carbocycles. The second-order valence-corrected chi connectivity index (χ2v) is 12.3. The molecule has 0 N–H and O–H groups in total. The second-order valence-electron chi connectivity index (χ2n) is 11.1. The predicted octanol–water partition coefficient (Wildman–Crippen LogP) is 10.4. The van der Waals surface area contributed by atoms with Gasteiger partial charge >= 0.3 is 0 Å². The summed E-state index contributed by atoms with van der Waals surface area (Å²) in [5.41, 5.74) is 6.46. The molecule has 3 aromatic carbocycles. The summed E-state index contributed by atoms with van der Waals surface area (Å²) in [7, 11) is 0. The number of aryl methyl sites for hydroxylation is 2. The summed E-state index contributed by atoms with van der Waals surface area (Å²) < 4.78 is 24.9. The first-order chi connectivity index (χ1) is 20.6. The molecule has 0 aliphatic heterocycles. The monoisotopic (exact) mass is 747 g/mol. The Bertz CT molecular complexity index is 2030. The number of hydrogen-bond acceptors (Lipinski definition) is 4. The molecule has 0 amide bonds. The van der Waals surface area contributed by atoms with Crippen molar-refractivity contribution in [1.29, 1.82) is 0 Å². The van der Waals surface area contributed by atoms with Crippen LogP contribution >= 0.6 is 11.3 Å². The summed E-state index contributed by atoms with van der Waals surface area (Å²) in [5, 5.41) is 3.35. The van der Waals surface area contributed by atoms with E-state index in [9.17, 15) is 0 Å². The molecule has 5 heteroatoms. The normalized spacial score (nSPS) is 12.4. The van der Waals surface area contributed by atoms with Crippen molar-refractivity contribution in [2.45, 2.75) is 41.0 Å². The molecular weight excluding hydrogens is 713 g/mol. The molecule has 0 bridgehead atoms. The van der Waals surface area contributed by atoms with Gasteiger partial charge in [0.2, 0.25) is 0 Å². The minimum Gasteiger partial charge on any atom is -0.499 e. The van der Waals surface area contributed by atoms with Gasteiger partial charge < -0.3 is 14.4 Å². The average molecular weight is 747 g/mol. The van der Waals surface area contributed by atoms with Crippen LogP contribution < -0.4 is 0 Å². The third kappa shape index (κ3) is 6.10. The summed E-state index contributed by atoms with van der Waals surface area (Å²) in [6.45, 7) is 10.0. The molecule has 0 spiro atoms. The Labute approximate surface area is 267 Å². The Morgan fingerprint density at radius 2 is 1.57 bits per heavy atom. The number of benzene rings is 3. The quantitative estimate of drug-likeness (QED) is 0.169. The van der Waals surface area contributed by atoms with Crippen molar-refractivity contribution >= 4 is 43.4 Å². The molecule has 0 fully saturated rings. The number of furan rings is 1. The van der Waals surface area contributed by atoms with Gasteiger partial charge in [0.1, 0.15) is 5.58 Å². The van der Waals surface area contributed by atoms with Crippen LogP contribution in [0.25, 0.3) is 54.5 Å². The van der Waals surface area contributed by atoms with Crippen LogP contribution in [0, 0.1) is 31.4 Å². The summed E-state index contributed by atoms with van der Waals surface area (Å²) in [5.74, 6) is 0. The Balaban J connectivity index is 0.000000248. The Morgan fingerprint density at radius 1 is 0.810 bits per heavy atom. The van der Waals surface area contributed by atoms with E-state index in [1.54, 1.807) is 29.8 Å². The first-order valence-corrected chi connectivity index (χ1v) is 14.5. The van der Waals surface area contributed by atoms with E-state index in [0.717, 1.165) is 38.8 Å². The molecule has 0 unspecified atom stereocenters. The first kappa shape index (κ1) is 27.2. The van der Waals surface area contributed by atoms with Crippen LogP contribution in [-0.4, -0.2) is 9.97 Å². The Kier molecular flexibility index (Phi) is 7.98. The molecular formula is C37H32IrN2OS-2. The molecule has 0 aliphatic rings. The van der Waals surface area contributed by atoms with E-state index in [1.165, 1.54) is 20.5 Å². The van der Waals surface area contributed by atoms with Gasteiger partial charge in [-0.2, -0.15) is 0 Å². The maximum Gasteiger partial charge on any atom is 0.138 e. The third-order valence-corrected chi connectivity index (χ3v) is 8.15. The Morgan fingerprint density at radius 3 is 2.31 bits per heavy atom. The van der Waals surface area contributed by atoms with Crippen LogP contribution in [-0.2, 0) is 26.5 Å². The van der Waals surface area contributed by atoms with Crippen LogP contribution in [0.15, 0.2) is 95.7 Å². The molecule has 213 valence electrons. The van der Waals surface area contributed by atoms with Crippen LogP contribution in [0.4, 0.5) is 0 Å². The van der Waals surface area contributed by atoms with Gasteiger partial charge in [0.05, 0.1) is 10.3 Å². The molecule has 7 rings (SSSR count). The first-order valence-electron chi connectivity index (χ1n) is 14.7. The summed E-state index contributed by atoms with van der Waals surface area (Å²) >= 11 is 1.76. The number of rotatable bonds is 3. The van der Waals surface area contributed by atoms with E-state index in [4.69, 9.17) is 7.16 Å². The standard InChI is InChI=1S/C26H24NOS.C11H8N.Ir/c1-15-16(2)29-25-18(15)9-10-20-19-7-6-8-21(23(19)28-24(20)25)22-13-17(11-12-27-22)14-26(3,4)5;1-2-6-10(7-3-1)11-8-4-5-9-12-11;/h6-7,9-13H,14H2,1-5H3;1-6,8-9H;/q2*-1;/i14D2;;. The van der Waals surface area contributed by atoms with Crippen LogP contribution in [0.2, 0.25) is 0 Å². The minimum absolute atomic E-state index is 0. The summed E-state index contributed by atoms with van der Waals surface area (Å²) in [6.07, 6.45) is 1.97. The molecule has 4 heterocycles. The van der Waals surface area contributed by atoms with Crippen LogP contribution in [0.1, 0.15) is 39.5 Å². The second kappa shape index (κ2) is 12.3. The number of hydrogen-bond donors (Lipinski definition) is 0. The number of pyridine rings is 2. The zero-order chi connectivity index (χ0) is 30.4. The van der Waals surface area contributed by atoms with Gasteiger partial charge in [0.15, 0.2) is 0 Å². The van der Waals surface area contributed by atoms with Gasteiger partial charge in [-0.15, -0.1) is 65.4 Å². The molecule has 42 heavy (non-hydrogen) atoms. The van der Waals surface area contributed by atoms with Crippen molar-refractivity contribution in [2.24, 2.45) is 5.41 Å². The van der Waals surface area contributed by atoms with E-state index >= 15 is 0 Å². The molecule has 3 nitrogen and oxygen atoms in total. The van der Waals surface area contributed by atoms with Crippen LogP contribution in [0.5, 0.6) is 0 Å². The molecule has 0 atom stereocenters. The third-order valence-electron chi connectivity index (χ3n) is 6.93. The SMILES string of the molecule is [2H]C([2H])(c1ccnc(-c2[c-]ccc3c2oc2c3ccc3c(C)c(C)sc32)c1)C(C)(C)C.[Ir].[c-]1ccccc1-c1ccccn1. The molecule has 0 saturated carbocycles. The topological polar surface area (TPSA) is 38.9 Å². The fourth-order valence-electron chi connectivity index (χ4n) is 4.94. The van der Waals surface area contributed by atoms with Crippen LogP contribution in [0.3, 0.4) is 0 Å². The smallest absolute Gasteiger partial charge is 0.138 e. The van der Waals surface area contributed by atoms with Gasteiger partial charge in [-0.05, 0) is 60.1 Å². The number of fused-ring (bicyclic) bond motifs is 5.